The lowest BCUT2D eigenvalue weighted by atomic mass is 9.81. The first-order chi connectivity index (χ1) is 24.8. The molecule has 1 saturated carbocycles. The average molecular weight is 784 g/mol. The number of halogens is 3. The van der Waals surface area contributed by atoms with Gasteiger partial charge in [-0.3, -0.25) is 24.1 Å². The summed E-state index contributed by atoms with van der Waals surface area (Å²) < 4.78 is 45.2. The average Bonchev–Trinajstić information content (AvgIpc) is 3.59. The first-order valence-electron chi connectivity index (χ1n) is 18.8. The number of nitrogens with zero attached hydrogens (tertiary/aromatic N) is 4. The van der Waals surface area contributed by atoms with E-state index in [2.05, 4.69) is 27.1 Å². The number of hydrogen-bond acceptors (Lipinski definition) is 10. The van der Waals surface area contributed by atoms with E-state index in [-0.39, 0.29) is 71.5 Å². The van der Waals surface area contributed by atoms with Gasteiger partial charge in [-0.1, -0.05) is 41.0 Å². The molecule has 0 aromatic carbocycles. The number of likely N-dealkylation sites (tertiary alicyclic amines) is 1. The molecule has 0 radical (unpaired) electrons. The van der Waals surface area contributed by atoms with Gasteiger partial charge in [0.1, 0.15) is 10.7 Å². The molecule has 0 unspecified atom stereocenters. The van der Waals surface area contributed by atoms with Crippen molar-refractivity contribution in [2.45, 2.75) is 130 Å². The minimum Gasteiger partial charge on any atom is -0.455 e. The number of esters is 1. The molecule has 3 heterocycles. The molecule has 53 heavy (non-hydrogen) atoms. The molecule has 4 rings (SSSR count). The molecule has 1 N–H and O–H groups in total. The zero-order valence-electron chi connectivity index (χ0n) is 32.2. The third kappa shape index (κ3) is 12.0. The number of piperidine rings is 1. The van der Waals surface area contributed by atoms with Crippen LogP contribution in [0.1, 0.15) is 125 Å². The fraction of sp³-hybridized carbons (Fsp3) is 0.737. The van der Waals surface area contributed by atoms with Crippen LogP contribution >= 0.6 is 22.7 Å². The van der Waals surface area contributed by atoms with Crippen LogP contribution in [0.4, 0.5) is 13.2 Å². The quantitative estimate of drug-likeness (QED) is 0.154. The van der Waals surface area contributed by atoms with Gasteiger partial charge in [-0.15, -0.1) is 22.7 Å². The molecule has 0 bridgehead atoms. The van der Waals surface area contributed by atoms with Crippen molar-refractivity contribution < 1.29 is 37.1 Å². The van der Waals surface area contributed by atoms with Gasteiger partial charge in [0.2, 0.25) is 5.91 Å². The van der Waals surface area contributed by atoms with Gasteiger partial charge in [-0.05, 0) is 69.4 Å². The Hall–Kier alpha value is -2.91. The predicted octanol–water partition coefficient (Wildman–Crippen LogP) is 7.59. The third-order valence-corrected chi connectivity index (χ3v) is 12.5. The van der Waals surface area contributed by atoms with Crippen molar-refractivity contribution in [3.8, 4) is 0 Å². The Labute approximate surface area is 319 Å². The van der Waals surface area contributed by atoms with Crippen LogP contribution in [-0.2, 0) is 31.7 Å². The third-order valence-electron chi connectivity index (χ3n) is 10.6. The molecular formula is C38H56F3N5O5S2. The summed E-state index contributed by atoms with van der Waals surface area (Å²) in [5, 5.41) is 6.14. The zero-order valence-corrected chi connectivity index (χ0v) is 33.8. The van der Waals surface area contributed by atoms with Gasteiger partial charge in [-0.25, -0.2) is 9.97 Å². The number of ketones is 1. The predicted molar refractivity (Wildman–Crippen MR) is 199 cm³/mol. The molecule has 296 valence electrons. The molecule has 1 aliphatic carbocycles. The van der Waals surface area contributed by atoms with Gasteiger partial charge < -0.3 is 15.0 Å². The molecule has 6 atom stereocenters. The van der Waals surface area contributed by atoms with E-state index in [1.807, 2.05) is 34.7 Å². The van der Waals surface area contributed by atoms with Crippen molar-refractivity contribution >= 4 is 46.2 Å². The second-order valence-electron chi connectivity index (χ2n) is 15.8. The van der Waals surface area contributed by atoms with Crippen molar-refractivity contribution in [2.75, 3.05) is 20.6 Å². The Morgan fingerprint density at radius 1 is 1.02 bits per heavy atom. The minimum absolute atomic E-state index is 0.0395. The Morgan fingerprint density at radius 3 is 2.28 bits per heavy atom. The second-order valence-corrected chi connectivity index (χ2v) is 17.6. The van der Waals surface area contributed by atoms with Crippen LogP contribution in [0.2, 0.25) is 0 Å². The van der Waals surface area contributed by atoms with E-state index in [0.29, 0.717) is 17.3 Å². The van der Waals surface area contributed by atoms with Crippen LogP contribution in [0.15, 0.2) is 10.8 Å². The van der Waals surface area contributed by atoms with E-state index in [0.717, 1.165) is 66.7 Å². The Balaban J connectivity index is 1.50. The Kier molecular flexibility index (Phi) is 15.0. The lowest BCUT2D eigenvalue weighted by Gasteiger charge is -2.38. The lowest BCUT2D eigenvalue weighted by Crippen LogP contribution is -2.48. The largest absolute Gasteiger partial charge is 0.455 e. The summed E-state index contributed by atoms with van der Waals surface area (Å²) in [6.45, 7) is 12.2. The van der Waals surface area contributed by atoms with Gasteiger partial charge in [0.15, 0.2) is 17.6 Å². The number of ether oxygens (including phenoxy) is 1. The molecular weight excluding hydrogens is 728 g/mol. The van der Waals surface area contributed by atoms with Crippen LogP contribution in [0.3, 0.4) is 0 Å². The van der Waals surface area contributed by atoms with Crippen LogP contribution in [0.5, 0.6) is 0 Å². The first-order valence-corrected chi connectivity index (χ1v) is 20.6. The fourth-order valence-electron chi connectivity index (χ4n) is 7.51. The summed E-state index contributed by atoms with van der Waals surface area (Å²) >= 11 is 2.07. The number of Topliss-reactive ketones (excluding diaryl/α,β-unsaturated/α-hetero) is 1. The van der Waals surface area contributed by atoms with E-state index >= 15 is 0 Å². The van der Waals surface area contributed by atoms with E-state index in [1.165, 1.54) is 6.92 Å². The van der Waals surface area contributed by atoms with Gasteiger partial charge in [0.25, 0.3) is 5.91 Å². The molecule has 15 heteroatoms. The number of alkyl halides is 3. The highest BCUT2D eigenvalue weighted by Gasteiger charge is 2.42. The topological polar surface area (TPSA) is 122 Å². The second kappa shape index (κ2) is 18.6. The molecule has 2 fully saturated rings. The summed E-state index contributed by atoms with van der Waals surface area (Å²) in [7, 11) is 3.74. The molecule has 1 aliphatic heterocycles. The van der Waals surface area contributed by atoms with Crippen LogP contribution in [0.25, 0.3) is 0 Å². The summed E-state index contributed by atoms with van der Waals surface area (Å²) in [5.41, 5.74) is -0.852. The normalized spacial score (nSPS) is 19.8. The monoisotopic (exact) mass is 783 g/mol. The molecule has 2 aromatic rings. The minimum atomic E-state index is -4.54. The van der Waals surface area contributed by atoms with Crippen molar-refractivity contribution in [2.24, 2.45) is 29.6 Å². The number of thiazole rings is 2. The maximum absolute atomic E-state index is 14.4. The summed E-state index contributed by atoms with van der Waals surface area (Å²) in [6, 6.07) is -1.02. The van der Waals surface area contributed by atoms with Crippen molar-refractivity contribution in [1.82, 2.24) is 25.1 Å². The van der Waals surface area contributed by atoms with Crippen molar-refractivity contribution in [3.63, 3.8) is 0 Å². The number of carbonyl (C=O) groups is 4. The van der Waals surface area contributed by atoms with Gasteiger partial charge in [0, 0.05) is 62.0 Å². The van der Waals surface area contributed by atoms with Crippen LogP contribution < -0.4 is 5.32 Å². The number of hydrogen-bond donors (Lipinski definition) is 1. The molecule has 10 nitrogen and oxygen atoms in total. The zero-order chi connectivity index (χ0) is 39.2. The molecule has 2 aromatic heterocycles. The summed E-state index contributed by atoms with van der Waals surface area (Å²) in [4.78, 5) is 66.0. The highest BCUT2D eigenvalue weighted by atomic mass is 32.1. The molecule has 0 spiro atoms. The van der Waals surface area contributed by atoms with Crippen molar-refractivity contribution in [1.29, 1.82) is 0 Å². The summed E-state index contributed by atoms with van der Waals surface area (Å²) in [6.07, 6.45) is 0.674. The van der Waals surface area contributed by atoms with E-state index in [1.54, 1.807) is 17.3 Å². The fourth-order valence-corrected chi connectivity index (χ4v) is 9.23. The van der Waals surface area contributed by atoms with Crippen LogP contribution in [-0.4, -0.2) is 82.1 Å². The van der Waals surface area contributed by atoms with Gasteiger partial charge >= 0.3 is 12.1 Å². The standard InChI is InChI=1S/C38H56F3N5O5S2/c1-21(2)15-26(16-34-44-33(20-52-34)38(39,40)41)42-35(49)28-19-53-36(43-28)32(51-24(6)47)18-30(22(3)4)46(8)37(50)27(23(5)25-12-13-25)17-31(48)29-11-9-10-14-45(29)7/h19-23,25-27,29-30,32H,9-18H2,1-8H3,(H,42,49)/t23-,26+,27-,29+,30+,32+/m0/s1. The SMILES string of the molecule is CC(=O)O[C@H](C[C@H](C(C)C)N(C)C(=O)[C@@H](CC(=O)[C@H]1CCCCN1C)[C@@H](C)C1CC1)c1nc(C(=O)N[C@@H](Cc2nc(C(F)(F)F)cs2)CC(C)C)cs1. The first kappa shape index (κ1) is 42.8. The number of rotatable bonds is 18. The number of aromatic nitrogens is 2. The van der Waals surface area contributed by atoms with E-state index in [4.69, 9.17) is 4.74 Å². The lowest BCUT2D eigenvalue weighted by molar-refractivity contribution is -0.149. The molecule has 1 saturated heterocycles. The van der Waals surface area contributed by atoms with Crippen molar-refractivity contribution in [3.05, 3.63) is 32.2 Å². The number of carbonyl (C=O) groups excluding carboxylic acids is 4. The number of amides is 2. The smallest absolute Gasteiger partial charge is 0.434 e. The van der Waals surface area contributed by atoms with E-state index < -0.39 is 41.8 Å². The molecule has 2 aliphatic rings. The molecule has 2 amide bonds. The Morgan fingerprint density at radius 2 is 1.72 bits per heavy atom. The summed E-state index contributed by atoms with van der Waals surface area (Å²) in [5.74, 6) is -0.876. The maximum atomic E-state index is 14.4. The van der Waals surface area contributed by atoms with Crippen LogP contribution in [0, 0.1) is 29.6 Å². The van der Waals surface area contributed by atoms with E-state index in [9.17, 15) is 32.3 Å². The van der Waals surface area contributed by atoms with Gasteiger partial charge in [-0.2, -0.15) is 13.2 Å². The van der Waals surface area contributed by atoms with Gasteiger partial charge in [0.05, 0.1) is 11.0 Å². The number of likely N-dealkylation sites (N-methyl/N-ethyl adjacent to an activating group) is 1. The highest BCUT2D eigenvalue weighted by Crippen LogP contribution is 2.43. The Bertz CT molecular complexity index is 1560. The number of nitrogens with one attached hydrogen (secondary N) is 1. The maximum Gasteiger partial charge on any atom is 0.434 e. The highest BCUT2D eigenvalue weighted by molar-refractivity contribution is 7.10.